The molecule has 3 aromatic carbocycles. The van der Waals surface area contributed by atoms with E-state index in [0.29, 0.717) is 24.3 Å². The van der Waals surface area contributed by atoms with Crippen LogP contribution in [0.25, 0.3) is 0 Å². The van der Waals surface area contributed by atoms with E-state index in [1.165, 1.54) is 35.2 Å². The zero-order valence-corrected chi connectivity index (χ0v) is 26.9. The lowest BCUT2D eigenvalue weighted by atomic mass is 10.1. The van der Waals surface area contributed by atoms with Crippen LogP contribution in [0.1, 0.15) is 39.2 Å². The number of benzene rings is 3. The van der Waals surface area contributed by atoms with E-state index in [1.54, 1.807) is 25.1 Å². The van der Waals surface area contributed by atoms with Crippen molar-refractivity contribution in [3.05, 3.63) is 82.1 Å². The fraction of sp³-hybridized carbons (Fsp3) is 0.355. The first-order chi connectivity index (χ1) is 21.0. The number of nitrogens with one attached hydrogen (secondary N) is 1. The van der Waals surface area contributed by atoms with Crippen LogP contribution >= 0.6 is 23.2 Å². The Labute approximate surface area is 266 Å². The van der Waals surface area contributed by atoms with E-state index in [9.17, 15) is 22.4 Å². The number of carbonyl (C=O) groups excluding carboxylic acids is 2. The van der Waals surface area contributed by atoms with Crippen LogP contribution < -0.4 is 19.1 Å². The van der Waals surface area contributed by atoms with E-state index in [1.807, 2.05) is 13.8 Å². The highest BCUT2D eigenvalue weighted by Crippen LogP contribution is 2.35. The number of anilines is 1. The molecule has 1 aliphatic rings. The van der Waals surface area contributed by atoms with E-state index < -0.39 is 40.2 Å². The summed E-state index contributed by atoms with van der Waals surface area (Å²) in [7, 11) is -4.42. The van der Waals surface area contributed by atoms with Gasteiger partial charge in [-0.15, -0.1) is 0 Å². The molecule has 0 spiro atoms. The summed E-state index contributed by atoms with van der Waals surface area (Å²) in [5.41, 5.74) is 0.449. The molecular formula is C31H34Cl2FN3O6S. The van der Waals surface area contributed by atoms with Gasteiger partial charge >= 0.3 is 0 Å². The third-order valence-corrected chi connectivity index (χ3v) is 9.75. The molecule has 236 valence electrons. The number of sulfonamides is 1. The average molecular weight is 667 g/mol. The third-order valence-electron chi connectivity index (χ3n) is 7.27. The molecule has 13 heteroatoms. The SMILES string of the molecule is CC[C@H](C(=O)N[C@@H](C)CC)N(Cc1c(Cl)cccc1Cl)C(=O)CN(c1ccc(F)cc1)S(=O)(=O)c1ccc2c(c1)OCCO2. The van der Waals surface area contributed by atoms with Crippen molar-refractivity contribution < 1.29 is 31.9 Å². The van der Waals surface area contributed by atoms with Crippen LogP contribution in [-0.2, 0) is 26.2 Å². The molecule has 2 amide bonds. The summed E-state index contributed by atoms with van der Waals surface area (Å²) < 4.78 is 54.1. The largest absolute Gasteiger partial charge is 0.486 e. The summed E-state index contributed by atoms with van der Waals surface area (Å²) in [6.07, 6.45) is 0.889. The van der Waals surface area contributed by atoms with Crippen molar-refractivity contribution in [2.24, 2.45) is 0 Å². The van der Waals surface area contributed by atoms with Crippen molar-refractivity contribution in [1.82, 2.24) is 10.2 Å². The molecule has 0 saturated heterocycles. The van der Waals surface area contributed by atoms with Crippen LogP contribution in [-0.4, -0.2) is 57.0 Å². The summed E-state index contributed by atoms with van der Waals surface area (Å²) in [6.45, 7) is 5.21. The normalized spacial score (nSPS) is 14.0. The number of hydrogen-bond acceptors (Lipinski definition) is 6. The first-order valence-electron chi connectivity index (χ1n) is 14.2. The lowest BCUT2D eigenvalue weighted by Crippen LogP contribution is -2.53. The fourth-order valence-corrected chi connectivity index (χ4v) is 6.61. The summed E-state index contributed by atoms with van der Waals surface area (Å²) >= 11 is 12.9. The molecule has 0 bridgehead atoms. The van der Waals surface area contributed by atoms with Crippen LogP contribution in [0.3, 0.4) is 0 Å². The molecule has 0 aromatic heterocycles. The Morgan fingerprint density at radius 3 is 2.20 bits per heavy atom. The van der Waals surface area contributed by atoms with Gasteiger partial charge in [-0.1, -0.05) is 43.1 Å². The number of halogens is 3. The van der Waals surface area contributed by atoms with E-state index >= 15 is 0 Å². The van der Waals surface area contributed by atoms with Gasteiger partial charge in [0, 0.05) is 34.3 Å². The number of nitrogens with zero attached hydrogens (tertiary/aromatic N) is 2. The minimum absolute atomic E-state index is 0.0440. The van der Waals surface area contributed by atoms with Gasteiger partial charge in [0.25, 0.3) is 10.0 Å². The first kappa shape index (κ1) is 33.4. The smallest absolute Gasteiger partial charge is 0.264 e. The maximum atomic E-state index is 14.2. The molecule has 0 saturated carbocycles. The van der Waals surface area contributed by atoms with E-state index in [-0.39, 0.29) is 52.0 Å². The molecular weight excluding hydrogens is 632 g/mol. The molecule has 1 N–H and O–H groups in total. The Morgan fingerprint density at radius 1 is 0.955 bits per heavy atom. The molecule has 3 aromatic rings. The highest BCUT2D eigenvalue weighted by molar-refractivity contribution is 7.92. The zero-order valence-electron chi connectivity index (χ0n) is 24.6. The van der Waals surface area contributed by atoms with Gasteiger partial charge < -0.3 is 19.7 Å². The average Bonchev–Trinajstić information content (AvgIpc) is 3.01. The monoisotopic (exact) mass is 665 g/mol. The van der Waals surface area contributed by atoms with Gasteiger partial charge in [-0.3, -0.25) is 13.9 Å². The number of hydrogen-bond donors (Lipinski definition) is 1. The van der Waals surface area contributed by atoms with E-state index in [4.69, 9.17) is 32.7 Å². The fourth-order valence-electron chi connectivity index (χ4n) is 4.66. The standard InChI is InChI=1S/C31H34Cl2FN3O6S/c1-4-20(3)35-31(39)27(5-2)36(18-24-25(32)7-6-8-26(24)33)30(38)19-37(22-11-9-21(34)10-12-22)44(40,41)23-13-14-28-29(17-23)43-16-15-42-28/h6-14,17,20,27H,4-5,15-16,18-19H2,1-3H3,(H,35,39)/t20-,27+/m0/s1. The minimum Gasteiger partial charge on any atom is -0.486 e. The maximum absolute atomic E-state index is 14.2. The molecule has 0 aliphatic carbocycles. The lowest BCUT2D eigenvalue weighted by molar-refractivity contribution is -0.140. The molecule has 2 atom stereocenters. The molecule has 0 radical (unpaired) electrons. The van der Waals surface area contributed by atoms with Gasteiger partial charge in [0.2, 0.25) is 11.8 Å². The molecule has 0 unspecified atom stereocenters. The molecule has 0 fully saturated rings. The van der Waals surface area contributed by atoms with Crippen molar-refractivity contribution in [2.75, 3.05) is 24.1 Å². The summed E-state index contributed by atoms with van der Waals surface area (Å²) in [6, 6.07) is 12.6. The van der Waals surface area contributed by atoms with Gasteiger partial charge in [-0.25, -0.2) is 12.8 Å². The molecule has 1 heterocycles. The lowest BCUT2D eigenvalue weighted by Gasteiger charge is -2.34. The van der Waals surface area contributed by atoms with Gasteiger partial charge in [0.1, 0.15) is 31.6 Å². The number of carbonyl (C=O) groups is 2. The van der Waals surface area contributed by atoms with Crippen molar-refractivity contribution in [3.63, 3.8) is 0 Å². The van der Waals surface area contributed by atoms with Crippen LogP contribution in [0, 0.1) is 5.82 Å². The predicted octanol–water partition coefficient (Wildman–Crippen LogP) is 5.82. The van der Waals surface area contributed by atoms with Crippen LogP contribution in [0.4, 0.5) is 10.1 Å². The minimum atomic E-state index is -4.42. The van der Waals surface area contributed by atoms with Crippen LogP contribution in [0.5, 0.6) is 11.5 Å². The summed E-state index contributed by atoms with van der Waals surface area (Å²) in [5.74, 6) is -1.05. The Balaban J connectivity index is 1.77. The van der Waals surface area contributed by atoms with Gasteiger partial charge in [-0.2, -0.15) is 0 Å². The highest BCUT2D eigenvalue weighted by Gasteiger charge is 2.35. The van der Waals surface area contributed by atoms with Crippen molar-refractivity contribution >= 4 is 50.7 Å². The zero-order chi connectivity index (χ0) is 32.0. The number of rotatable bonds is 12. The molecule has 9 nitrogen and oxygen atoms in total. The second-order valence-corrected chi connectivity index (χ2v) is 12.9. The number of amides is 2. The number of fused-ring (bicyclic) bond motifs is 1. The van der Waals surface area contributed by atoms with Crippen molar-refractivity contribution in [3.8, 4) is 11.5 Å². The third kappa shape index (κ3) is 7.57. The van der Waals surface area contributed by atoms with E-state index in [2.05, 4.69) is 5.32 Å². The molecule has 4 rings (SSSR count). The predicted molar refractivity (Wildman–Crippen MR) is 167 cm³/mol. The van der Waals surface area contributed by atoms with Gasteiger partial charge in [0.05, 0.1) is 10.6 Å². The number of ether oxygens (including phenoxy) is 2. The van der Waals surface area contributed by atoms with E-state index in [0.717, 1.165) is 16.4 Å². The topological polar surface area (TPSA) is 105 Å². The molecule has 44 heavy (non-hydrogen) atoms. The highest BCUT2D eigenvalue weighted by atomic mass is 35.5. The second-order valence-electron chi connectivity index (χ2n) is 10.3. The Kier molecular flexibility index (Phi) is 11.0. The second kappa shape index (κ2) is 14.5. The maximum Gasteiger partial charge on any atom is 0.264 e. The quantitative estimate of drug-likeness (QED) is 0.261. The molecule has 1 aliphatic heterocycles. The first-order valence-corrected chi connectivity index (χ1v) is 16.4. The van der Waals surface area contributed by atoms with Gasteiger partial charge in [0.15, 0.2) is 11.5 Å². The van der Waals surface area contributed by atoms with Gasteiger partial charge in [-0.05, 0) is 68.3 Å². The Bertz CT molecular complexity index is 1590. The Hall–Kier alpha value is -3.54. The van der Waals surface area contributed by atoms with Crippen LogP contribution in [0.2, 0.25) is 10.0 Å². The van der Waals surface area contributed by atoms with Crippen molar-refractivity contribution in [2.45, 2.75) is 57.1 Å². The van der Waals surface area contributed by atoms with Crippen molar-refractivity contribution in [1.29, 1.82) is 0 Å². The van der Waals surface area contributed by atoms with Crippen LogP contribution in [0.15, 0.2) is 65.6 Å². The summed E-state index contributed by atoms with van der Waals surface area (Å²) in [4.78, 5) is 28.8. The summed E-state index contributed by atoms with van der Waals surface area (Å²) in [5, 5.41) is 3.48. The Morgan fingerprint density at radius 2 is 1.59 bits per heavy atom.